The average molecular weight is 382 g/mol. The Morgan fingerprint density at radius 1 is 1.14 bits per heavy atom. The highest BCUT2D eigenvalue weighted by Gasteiger charge is 2.51. The number of imide groups is 1. The minimum atomic E-state index is -0.779. The van der Waals surface area contributed by atoms with E-state index in [0.29, 0.717) is 25.9 Å². The second-order valence-corrected chi connectivity index (χ2v) is 8.26. The molecule has 4 atom stereocenters. The lowest BCUT2D eigenvalue weighted by molar-refractivity contribution is -0.148. The van der Waals surface area contributed by atoms with Gasteiger partial charge in [0.25, 0.3) is 0 Å². The number of nitrogens with one attached hydrogen (secondary N) is 1. The van der Waals surface area contributed by atoms with Crippen molar-refractivity contribution in [3.8, 4) is 5.75 Å². The van der Waals surface area contributed by atoms with Gasteiger partial charge in [0.1, 0.15) is 18.4 Å². The number of likely N-dealkylation sites (tertiary alicyclic amines) is 1. The molecule has 1 fully saturated rings. The van der Waals surface area contributed by atoms with E-state index in [1.807, 2.05) is 50.3 Å². The van der Waals surface area contributed by atoms with Gasteiger partial charge in [-0.25, -0.2) is 0 Å². The highest BCUT2D eigenvalue weighted by Crippen LogP contribution is 2.37. The van der Waals surface area contributed by atoms with E-state index in [0.717, 1.165) is 11.3 Å². The Bertz CT molecular complexity index is 806. The lowest BCUT2D eigenvalue weighted by atomic mass is 9.85. The van der Waals surface area contributed by atoms with E-state index in [2.05, 4.69) is 5.32 Å². The fourth-order valence-electron chi connectivity index (χ4n) is 4.46. The first-order valence-electron chi connectivity index (χ1n) is 10.0. The van der Waals surface area contributed by atoms with Gasteiger partial charge >= 0.3 is 0 Å². The fraction of sp³-hybridized carbons (Fsp3) is 0.500. The smallest absolute Gasteiger partial charge is 0.243 e. The minimum Gasteiger partial charge on any atom is -0.491 e. The Morgan fingerprint density at radius 2 is 1.79 bits per heavy atom. The summed E-state index contributed by atoms with van der Waals surface area (Å²) in [7, 11) is 0. The summed E-state index contributed by atoms with van der Waals surface area (Å²) in [6, 6.07) is 6.55. The van der Waals surface area contributed by atoms with Crippen LogP contribution in [-0.2, 0) is 14.4 Å². The number of para-hydroxylation sites is 1. The third kappa shape index (κ3) is 3.21. The van der Waals surface area contributed by atoms with Crippen LogP contribution in [0, 0.1) is 17.8 Å². The summed E-state index contributed by atoms with van der Waals surface area (Å²) < 4.78 is 5.65. The number of ether oxygens (including phenoxy) is 1. The Kier molecular flexibility index (Phi) is 4.96. The van der Waals surface area contributed by atoms with E-state index < -0.39 is 6.04 Å². The first-order valence-corrected chi connectivity index (χ1v) is 10.0. The van der Waals surface area contributed by atoms with Crippen molar-refractivity contribution >= 4 is 17.7 Å². The maximum atomic E-state index is 13.2. The van der Waals surface area contributed by atoms with E-state index >= 15 is 0 Å². The molecule has 0 radical (unpaired) electrons. The average Bonchev–Trinajstić information content (AvgIpc) is 3.20. The molecule has 6 heteroatoms. The molecule has 0 bridgehead atoms. The molecular formula is C22H26N2O4. The van der Waals surface area contributed by atoms with E-state index in [4.69, 9.17) is 4.74 Å². The van der Waals surface area contributed by atoms with Gasteiger partial charge in [-0.15, -0.1) is 0 Å². The van der Waals surface area contributed by atoms with Crippen LogP contribution in [0.4, 0.5) is 0 Å². The maximum Gasteiger partial charge on any atom is 0.243 e. The SMILES string of the molecule is CC(C)C[C@H](C(=O)N[C@@H]1COc2ccccc21)N1C(=O)[C@@H]2CC=CC[C@H]2C1=O. The quantitative estimate of drug-likeness (QED) is 0.627. The molecule has 1 aromatic rings. The summed E-state index contributed by atoms with van der Waals surface area (Å²) >= 11 is 0. The van der Waals surface area contributed by atoms with Gasteiger partial charge in [0.15, 0.2) is 0 Å². The van der Waals surface area contributed by atoms with E-state index in [9.17, 15) is 14.4 Å². The number of benzene rings is 1. The lowest BCUT2D eigenvalue weighted by Crippen LogP contribution is -2.51. The van der Waals surface area contributed by atoms with Crippen molar-refractivity contribution in [2.24, 2.45) is 17.8 Å². The largest absolute Gasteiger partial charge is 0.491 e. The number of fused-ring (bicyclic) bond motifs is 2. The predicted molar refractivity (Wildman–Crippen MR) is 103 cm³/mol. The van der Waals surface area contributed by atoms with E-state index in [-0.39, 0.29) is 41.5 Å². The van der Waals surface area contributed by atoms with Gasteiger partial charge in [-0.05, 0) is 31.2 Å². The Morgan fingerprint density at radius 3 is 2.43 bits per heavy atom. The van der Waals surface area contributed by atoms with E-state index in [1.54, 1.807) is 0 Å². The van der Waals surface area contributed by atoms with Gasteiger partial charge < -0.3 is 10.1 Å². The van der Waals surface area contributed by atoms with Crippen LogP contribution in [0.5, 0.6) is 5.75 Å². The Balaban J connectivity index is 1.56. The van der Waals surface area contributed by atoms with Crippen molar-refractivity contribution in [3.63, 3.8) is 0 Å². The number of rotatable bonds is 5. The monoisotopic (exact) mass is 382 g/mol. The third-order valence-corrected chi connectivity index (χ3v) is 5.87. The number of carbonyl (C=O) groups is 3. The highest BCUT2D eigenvalue weighted by atomic mass is 16.5. The molecule has 1 saturated heterocycles. The van der Waals surface area contributed by atoms with Gasteiger partial charge in [0.2, 0.25) is 17.7 Å². The number of amides is 3. The van der Waals surface area contributed by atoms with Crippen LogP contribution in [0.15, 0.2) is 36.4 Å². The van der Waals surface area contributed by atoms with Crippen molar-refractivity contribution in [1.29, 1.82) is 0 Å². The fourth-order valence-corrected chi connectivity index (χ4v) is 4.46. The van der Waals surface area contributed by atoms with E-state index in [1.165, 1.54) is 4.90 Å². The van der Waals surface area contributed by atoms with Crippen LogP contribution in [0.25, 0.3) is 0 Å². The van der Waals surface area contributed by atoms with Crippen LogP contribution in [-0.4, -0.2) is 35.3 Å². The van der Waals surface area contributed by atoms with Crippen LogP contribution >= 0.6 is 0 Å². The number of carbonyl (C=O) groups excluding carboxylic acids is 3. The van der Waals surface area contributed by atoms with Crippen LogP contribution in [0.3, 0.4) is 0 Å². The first kappa shape index (κ1) is 18.7. The summed E-state index contributed by atoms with van der Waals surface area (Å²) in [4.78, 5) is 40.4. The molecule has 3 aliphatic rings. The van der Waals surface area contributed by atoms with Gasteiger partial charge in [0.05, 0.1) is 17.9 Å². The second-order valence-electron chi connectivity index (χ2n) is 8.26. The van der Waals surface area contributed by atoms with Crippen molar-refractivity contribution in [2.75, 3.05) is 6.61 Å². The normalized spacial score (nSPS) is 26.8. The second kappa shape index (κ2) is 7.41. The lowest BCUT2D eigenvalue weighted by Gasteiger charge is -2.28. The van der Waals surface area contributed by atoms with Gasteiger partial charge in [-0.1, -0.05) is 44.2 Å². The van der Waals surface area contributed by atoms with Gasteiger partial charge in [-0.3, -0.25) is 19.3 Å². The standard InChI is InChI=1S/C22H26N2O4/c1-13(2)11-18(24-21(26)14-7-3-4-8-15(14)22(24)27)20(25)23-17-12-28-19-10-6-5-9-16(17)19/h3-6,9-10,13-15,17-18H,7-8,11-12H2,1-2H3,(H,23,25)/t14-,15-,17-,18-/m1/s1. The molecule has 1 aromatic carbocycles. The maximum absolute atomic E-state index is 13.2. The van der Waals surface area contributed by atoms with Gasteiger partial charge in [0, 0.05) is 5.56 Å². The minimum absolute atomic E-state index is 0.171. The van der Waals surface area contributed by atoms with Gasteiger partial charge in [-0.2, -0.15) is 0 Å². The third-order valence-electron chi connectivity index (χ3n) is 5.87. The summed E-state index contributed by atoms with van der Waals surface area (Å²) in [5.74, 6) is -0.410. The predicted octanol–water partition coefficient (Wildman–Crippen LogP) is 2.60. The zero-order chi connectivity index (χ0) is 19.8. The molecule has 0 saturated carbocycles. The molecule has 4 rings (SSSR count). The molecule has 0 aromatic heterocycles. The summed E-state index contributed by atoms with van der Waals surface area (Å²) in [6.07, 6.45) is 5.52. The topological polar surface area (TPSA) is 75.7 Å². The Hall–Kier alpha value is -2.63. The highest BCUT2D eigenvalue weighted by molar-refractivity contribution is 6.08. The summed E-state index contributed by atoms with van der Waals surface area (Å²) in [6.45, 7) is 4.35. The Labute approximate surface area is 164 Å². The molecule has 28 heavy (non-hydrogen) atoms. The molecular weight excluding hydrogens is 356 g/mol. The molecule has 2 aliphatic heterocycles. The van der Waals surface area contributed by atoms with Crippen molar-refractivity contribution < 1.29 is 19.1 Å². The number of hydrogen-bond acceptors (Lipinski definition) is 4. The summed E-state index contributed by atoms with van der Waals surface area (Å²) in [5.41, 5.74) is 0.927. The molecule has 6 nitrogen and oxygen atoms in total. The van der Waals surface area contributed by atoms with Crippen molar-refractivity contribution in [2.45, 2.75) is 45.2 Å². The van der Waals surface area contributed by atoms with Crippen LogP contribution < -0.4 is 10.1 Å². The molecule has 1 aliphatic carbocycles. The zero-order valence-corrected chi connectivity index (χ0v) is 16.3. The first-order chi connectivity index (χ1) is 13.5. The molecule has 0 unspecified atom stereocenters. The summed E-state index contributed by atoms with van der Waals surface area (Å²) in [5, 5.41) is 3.01. The number of nitrogens with zero attached hydrogens (tertiary/aromatic N) is 1. The molecule has 3 amide bonds. The number of allylic oxidation sites excluding steroid dienone is 2. The molecule has 148 valence electrons. The van der Waals surface area contributed by atoms with Crippen molar-refractivity contribution in [1.82, 2.24) is 10.2 Å². The number of hydrogen-bond donors (Lipinski definition) is 1. The van der Waals surface area contributed by atoms with Crippen LogP contribution in [0.2, 0.25) is 0 Å². The van der Waals surface area contributed by atoms with Crippen LogP contribution in [0.1, 0.15) is 44.7 Å². The zero-order valence-electron chi connectivity index (χ0n) is 16.3. The molecule has 0 spiro atoms. The molecule has 2 heterocycles. The van der Waals surface area contributed by atoms with Crippen molar-refractivity contribution in [3.05, 3.63) is 42.0 Å². The molecule has 1 N–H and O–H groups in total.